The summed E-state index contributed by atoms with van der Waals surface area (Å²) >= 11 is 3.45. The number of ether oxygens (including phenoxy) is 1. The highest BCUT2D eigenvalue weighted by atomic mass is 79.9. The van der Waals surface area contributed by atoms with Gasteiger partial charge in [0.2, 0.25) is 0 Å². The van der Waals surface area contributed by atoms with Gasteiger partial charge in [-0.15, -0.1) is 0 Å². The predicted molar refractivity (Wildman–Crippen MR) is 84.0 cm³/mol. The third-order valence-corrected chi connectivity index (χ3v) is 3.31. The summed E-state index contributed by atoms with van der Waals surface area (Å²) in [5, 5.41) is 3.27. The number of benzene rings is 1. The average molecular weight is 336 g/mol. The van der Waals surface area contributed by atoms with Gasteiger partial charge in [-0.1, -0.05) is 19.1 Å². The second kappa shape index (κ2) is 7.24. The minimum atomic E-state index is 0.352. The molecule has 0 bridgehead atoms. The summed E-state index contributed by atoms with van der Waals surface area (Å²) in [7, 11) is 0. The third-order valence-electron chi connectivity index (χ3n) is 2.65. The number of anilines is 1. The Labute approximate surface area is 127 Å². The molecule has 2 rings (SSSR count). The van der Waals surface area contributed by atoms with Crippen LogP contribution in [0.3, 0.4) is 0 Å². The summed E-state index contributed by atoms with van der Waals surface area (Å²) < 4.78 is 6.67. The summed E-state index contributed by atoms with van der Waals surface area (Å²) in [4.78, 5) is 8.85. The SMILES string of the molecule is CCCNc1cc(C)nc(COc2ccccc2Br)n1. The Bertz CT molecular complexity index is 575. The zero-order valence-electron chi connectivity index (χ0n) is 11.7. The second-order valence-corrected chi connectivity index (χ2v) is 5.31. The molecule has 0 saturated heterocycles. The van der Waals surface area contributed by atoms with Crippen molar-refractivity contribution in [2.75, 3.05) is 11.9 Å². The van der Waals surface area contributed by atoms with Crippen molar-refractivity contribution in [2.45, 2.75) is 26.9 Å². The van der Waals surface area contributed by atoms with Gasteiger partial charge in [-0.3, -0.25) is 0 Å². The highest BCUT2D eigenvalue weighted by Crippen LogP contribution is 2.24. The smallest absolute Gasteiger partial charge is 0.168 e. The largest absolute Gasteiger partial charge is 0.484 e. The summed E-state index contributed by atoms with van der Waals surface area (Å²) in [6.45, 7) is 5.34. The molecule has 1 aromatic carbocycles. The van der Waals surface area contributed by atoms with Crippen LogP contribution in [0.4, 0.5) is 5.82 Å². The summed E-state index contributed by atoms with van der Waals surface area (Å²) in [5.41, 5.74) is 0.935. The van der Waals surface area contributed by atoms with E-state index in [0.717, 1.165) is 34.7 Å². The number of aromatic nitrogens is 2. The molecule has 0 spiro atoms. The molecule has 0 aliphatic carbocycles. The van der Waals surface area contributed by atoms with Gasteiger partial charge < -0.3 is 10.1 Å². The molecular formula is C15H18BrN3O. The van der Waals surface area contributed by atoms with Crippen molar-refractivity contribution >= 4 is 21.7 Å². The molecule has 1 N–H and O–H groups in total. The van der Waals surface area contributed by atoms with Gasteiger partial charge in [-0.25, -0.2) is 9.97 Å². The van der Waals surface area contributed by atoms with Crippen LogP contribution in [0.15, 0.2) is 34.8 Å². The molecule has 1 heterocycles. The van der Waals surface area contributed by atoms with Crippen molar-refractivity contribution in [1.82, 2.24) is 9.97 Å². The van der Waals surface area contributed by atoms with E-state index in [1.165, 1.54) is 0 Å². The van der Waals surface area contributed by atoms with Gasteiger partial charge in [0.05, 0.1) is 4.47 Å². The zero-order chi connectivity index (χ0) is 14.4. The molecule has 0 aliphatic rings. The van der Waals surface area contributed by atoms with Crippen LogP contribution in [0.2, 0.25) is 0 Å². The molecular weight excluding hydrogens is 318 g/mol. The van der Waals surface area contributed by atoms with Crippen LogP contribution < -0.4 is 10.1 Å². The Balaban J connectivity index is 2.05. The van der Waals surface area contributed by atoms with Crippen LogP contribution in [-0.2, 0) is 6.61 Å². The maximum atomic E-state index is 5.74. The van der Waals surface area contributed by atoms with Gasteiger partial charge in [0.15, 0.2) is 5.82 Å². The van der Waals surface area contributed by atoms with Gasteiger partial charge in [-0.2, -0.15) is 0 Å². The molecule has 106 valence electrons. The lowest BCUT2D eigenvalue weighted by Gasteiger charge is -2.10. The lowest BCUT2D eigenvalue weighted by atomic mass is 10.3. The van der Waals surface area contributed by atoms with Crippen molar-refractivity contribution in [3.63, 3.8) is 0 Å². The van der Waals surface area contributed by atoms with E-state index in [9.17, 15) is 0 Å². The van der Waals surface area contributed by atoms with Crippen molar-refractivity contribution in [2.24, 2.45) is 0 Å². The first-order chi connectivity index (χ1) is 9.69. The number of hydrogen-bond donors (Lipinski definition) is 1. The van der Waals surface area contributed by atoms with E-state index < -0.39 is 0 Å². The molecule has 0 saturated carbocycles. The number of hydrogen-bond acceptors (Lipinski definition) is 4. The lowest BCUT2D eigenvalue weighted by molar-refractivity contribution is 0.294. The van der Waals surface area contributed by atoms with Crippen molar-refractivity contribution in [1.29, 1.82) is 0 Å². The van der Waals surface area contributed by atoms with E-state index >= 15 is 0 Å². The number of aryl methyl sites for hydroxylation is 1. The van der Waals surface area contributed by atoms with E-state index in [-0.39, 0.29) is 0 Å². The molecule has 1 aromatic heterocycles. The average Bonchev–Trinajstić information content (AvgIpc) is 2.44. The van der Waals surface area contributed by atoms with E-state index in [4.69, 9.17) is 4.74 Å². The Morgan fingerprint density at radius 3 is 2.80 bits per heavy atom. The van der Waals surface area contributed by atoms with Crippen LogP contribution in [0.25, 0.3) is 0 Å². The van der Waals surface area contributed by atoms with Crippen LogP contribution in [0.5, 0.6) is 5.75 Å². The minimum absolute atomic E-state index is 0.352. The van der Waals surface area contributed by atoms with Gasteiger partial charge in [0.1, 0.15) is 18.2 Å². The molecule has 0 unspecified atom stereocenters. The molecule has 20 heavy (non-hydrogen) atoms. The highest BCUT2D eigenvalue weighted by Gasteiger charge is 2.05. The molecule has 0 fully saturated rings. The van der Waals surface area contributed by atoms with Gasteiger partial charge >= 0.3 is 0 Å². The van der Waals surface area contributed by atoms with E-state index in [1.54, 1.807) is 0 Å². The number of halogens is 1. The zero-order valence-corrected chi connectivity index (χ0v) is 13.3. The predicted octanol–water partition coefficient (Wildman–Crippen LogP) is 3.95. The molecule has 4 nitrogen and oxygen atoms in total. The summed E-state index contributed by atoms with van der Waals surface area (Å²) in [5.74, 6) is 2.32. The first-order valence-corrected chi connectivity index (χ1v) is 7.44. The van der Waals surface area contributed by atoms with Crippen LogP contribution in [0.1, 0.15) is 24.9 Å². The highest BCUT2D eigenvalue weighted by molar-refractivity contribution is 9.10. The van der Waals surface area contributed by atoms with E-state index in [0.29, 0.717) is 12.4 Å². The van der Waals surface area contributed by atoms with E-state index in [2.05, 4.69) is 38.1 Å². The summed E-state index contributed by atoms with van der Waals surface area (Å²) in [6, 6.07) is 9.69. The molecule has 0 amide bonds. The Hall–Kier alpha value is -1.62. The number of para-hydroxylation sites is 1. The van der Waals surface area contributed by atoms with Gasteiger partial charge in [-0.05, 0) is 41.4 Å². The fourth-order valence-corrected chi connectivity index (χ4v) is 2.14. The molecule has 2 aromatic rings. The summed E-state index contributed by atoms with van der Waals surface area (Å²) in [6.07, 6.45) is 1.06. The third kappa shape index (κ3) is 4.20. The number of nitrogens with one attached hydrogen (secondary N) is 1. The standard InChI is InChI=1S/C15H18BrN3O/c1-3-8-17-14-9-11(2)18-15(19-14)10-20-13-7-5-4-6-12(13)16/h4-7,9H,3,8,10H2,1-2H3,(H,17,18,19). The Morgan fingerprint density at radius 2 is 2.05 bits per heavy atom. The molecule has 0 aliphatic heterocycles. The topological polar surface area (TPSA) is 47.0 Å². The van der Waals surface area contributed by atoms with E-state index in [1.807, 2.05) is 37.3 Å². The lowest BCUT2D eigenvalue weighted by Crippen LogP contribution is -2.08. The van der Waals surface area contributed by atoms with Crippen molar-refractivity contribution in [3.8, 4) is 5.75 Å². The Morgan fingerprint density at radius 1 is 1.25 bits per heavy atom. The quantitative estimate of drug-likeness (QED) is 0.868. The Kier molecular flexibility index (Phi) is 5.35. The molecule has 5 heteroatoms. The monoisotopic (exact) mass is 335 g/mol. The van der Waals surface area contributed by atoms with Crippen LogP contribution in [-0.4, -0.2) is 16.5 Å². The van der Waals surface area contributed by atoms with Gasteiger partial charge in [0, 0.05) is 18.3 Å². The fourth-order valence-electron chi connectivity index (χ4n) is 1.74. The van der Waals surface area contributed by atoms with Crippen molar-refractivity contribution < 1.29 is 4.74 Å². The maximum absolute atomic E-state index is 5.74. The normalized spacial score (nSPS) is 10.3. The second-order valence-electron chi connectivity index (χ2n) is 4.46. The van der Waals surface area contributed by atoms with Crippen molar-refractivity contribution in [3.05, 3.63) is 46.3 Å². The maximum Gasteiger partial charge on any atom is 0.168 e. The van der Waals surface area contributed by atoms with Gasteiger partial charge in [0.25, 0.3) is 0 Å². The van der Waals surface area contributed by atoms with Crippen LogP contribution in [0, 0.1) is 6.92 Å². The number of nitrogens with zero attached hydrogens (tertiary/aromatic N) is 2. The first kappa shape index (κ1) is 14.8. The fraction of sp³-hybridized carbons (Fsp3) is 0.333. The molecule has 0 atom stereocenters. The minimum Gasteiger partial charge on any atom is -0.484 e. The number of rotatable bonds is 6. The molecule has 0 radical (unpaired) electrons. The van der Waals surface area contributed by atoms with Crippen LogP contribution >= 0.6 is 15.9 Å². The first-order valence-electron chi connectivity index (χ1n) is 6.65.